The summed E-state index contributed by atoms with van der Waals surface area (Å²) in [6.45, 7) is 0.915. The van der Waals surface area contributed by atoms with Crippen LogP contribution in [0.5, 0.6) is 0 Å². The first-order valence-electron chi connectivity index (χ1n) is 6.32. The normalized spacial score (nSPS) is 19.2. The summed E-state index contributed by atoms with van der Waals surface area (Å²) >= 11 is 2.04. The average molecular weight is 259 g/mol. The summed E-state index contributed by atoms with van der Waals surface area (Å²) in [7, 11) is 0. The van der Waals surface area contributed by atoms with Gasteiger partial charge in [0, 0.05) is 30.1 Å². The molecule has 1 N–H and O–H groups in total. The van der Waals surface area contributed by atoms with Crippen LogP contribution in [0.2, 0.25) is 0 Å². The zero-order valence-corrected chi connectivity index (χ0v) is 11.1. The molecule has 1 aliphatic heterocycles. The van der Waals surface area contributed by atoms with E-state index in [1.165, 1.54) is 23.5 Å². The number of benzene rings is 1. The fourth-order valence-electron chi connectivity index (χ4n) is 2.13. The molecule has 1 fully saturated rings. The Bertz CT molecular complexity index is 489. The van der Waals surface area contributed by atoms with Crippen LogP contribution in [0.1, 0.15) is 12.0 Å². The van der Waals surface area contributed by atoms with Crippen LogP contribution in [0.3, 0.4) is 0 Å². The molecule has 0 bridgehead atoms. The molecule has 94 valence electrons. The highest BCUT2D eigenvalue weighted by atomic mass is 32.2. The van der Waals surface area contributed by atoms with E-state index in [9.17, 15) is 0 Å². The summed E-state index contributed by atoms with van der Waals surface area (Å²) in [4.78, 5) is 0. The number of nitrogens with one attached hydrogen (secondary N) is 1. The minimum absolute atomic E-state index is 0.676. The Kier molecular flexibility index (Phi) is 3.67. The van der Waals surface area contributed by atoms with Gasteiger partial charge in [-0.25, -0.2) is 4.68 Å². The number of para-hydroxylation sites is 1. The lowest BCUT2D eigenvalue weighted by Crippen LogP contribution is -2.27. The van der Waals surface area contributed by atoms with E-state index < -0.39 is 0 Å². The van der Waals surface area contributed by atoms with E-state index in [-0.39, 0.29) is 0 Å². The molecule has 0 amide bonds. The van der Waals surface area contributed by atoms with Crippen LogP contribution in [0, 0.1) is 0 Å². The molecule has 2 heterocycles. The lowest BCUT2D eigenvalue weighted by atomic mass is 10.2. The van der Waals surface area contributed by atoms with E-state index in [0.717, 1.165) is 12.2 Å². The quantitative estimate of drug-likeness (QED) is 0.915. The number of hydrogen-bond donors (Lipinski definition) is 1. The second kappa shape index (κ2) is 5.59. The first kappa shape index (κ1) is 11.8. The Morgan fingerprint density at radius 2 is 2.22 bits per heavy atom. The molecule has 1 unspecified atom stereocenters. The van der Waals surface area contributed by atoms with E-state index in [0.29, 0.717) is 6.04 Å². The lowest BCUT2D eigenvalue weighted by Gasteiger charge is -2.09. The van der Waals surface area contributed by atoms with Crippen molar-refractivity contribution in [3.8, 4) is 5.69 Å². The van der Waals surface area contributed by atoms with E-state index in [4.69, 9.17) is 0 Å². The van der Waals surface area contributed by atoms with Crippen LogP contribution in [0.4, 0.5) is 0 Å². The largest absolute Gasteiger partial charge is 0.309 e. The summed E-state index contributed by atoms with van der Waals surface area (Å²) in [6.07, 6.45) is 5.34. The van der Waals surface area contributed by atoms with Gasteiger partial charge in [0.15, 0.2) is 0 Å². The highest BCUT2D eigenvalue weighted by Gasteiger charge is 2.14. The molecular formula is C14H17N3S. The number of aromatic nitrogens is 2. The van der Waals surface area contributed by atoms with Crippen molar-refractivity contribution in [3.05, 3.63) is 48.3 Å². The molecule has 0 saturated carbocycles. The number of thioether (sulfide) groups is 1. The summed E-state index contributed by atoms with van der Waals surface area (Å²) in [5.41, 5.74) is 2.36. The maximum Gasteiger partial charge on any atom is 0.0645 e. The van der Waals surface area contributed by atoms with Crippen molar-refractivity contribution in [2.24, 2.45) is 0 Å². The van der Waals surface area contributed by atoms with Crippen LogP contribution in [-0.4, -0.2) is 27.3 Å². The van der Waals surface area contributed by atoms with Gasteiger partial charge in [0.1, 0.15) is 0 Å². The molecule has 3 nitrogen and oxygen atoms in total. The summed E-state index contributed by atoms with van der Waals surface area (Å²) < 4.78 is 1.93. The third-order valence-corrected chi connectivity index (χ3v) is 4.34. The van der Waals surface area contributed by atoms with Crippen molar-refractivity contribution < 1.29 is 0 Å². The first-order valence-corrected chi connectivity index (χ1v) is 7.47. The van der Waals surface area contributed by atoms with Crippen LogP contribution in [0.15, 0.2) is 42.7 Å². The van der Waals surface area contributed by atoms with Gasteiger partial charge in [-0.2, -0.15) is 16.9 Å². The average Bonchev–Trinajstić information content (AvgIpc) is 3.09. The van der Waals surface area contributed by atoms with E-state index >= 15 is 0 Å². The molecule has 4 heteroatoms. The molecule has 0 spiro atoms. The van der Waals surface area contributed by atoms with Crippen molar-refractivity contribution >= 4 is 11.8 Å². The van der Waals surface area contributed by atoms with Crippen molar-refractivity contribution in [2.75, 3.05) is 11.5 Å². The second-order valence-corrected chi connectivity index (χ2v) is 5.72. The molecule has 0 radical (unpaired) electrons. The Morgan fingerprint density at radius 3 is 3.00 bits per heavy atom. The highest BCUT2D eigenvalue weighted by Crippen LogP contribution is 2.17. The standard InChI is InChI=1S/C14H17N3S/c1-2-4-14(5-3-1)17-10-12(9-16-17)8-15-13-6-7-18-11-13/h1-5,9-10,13,15H,6-8,11H2. The van der Waals surface area contributed by atoms with Gasteiger partial charge in [0.2, 0.25) is 0 Å². The Labute approximate surface area is 112 Å². The van der Waals surface area contributed by atoms with Crippen molar-refractivity contribution in [1.82, 2.24) is 15.1 Å². The second-order valence-electron chi connectivity index (χ2n) is 4.57. The summed E-state index contributed by atoms with van der Waals surface area (Å²) in [5, 5.41) is 7.99. The van der Waals surface area contributed by atoms with Gasteiger partial charge in [-0.3, -0.25) is 0 Å². The molecule has 1 atom stereocenters. The molecule has 18 heavy (non-hydrogen) atoms. The number of rotatable bonds is 4. The molecule has 0 aliphatic carbocycles. The zero-order valence-electron chi connectivity index (χ0n) is 10.2. The maximum atomic E-state index is 4.40. The first-order chi connectivity index (χ1) is 8.92. The SMILES string of the molecule is c1ccc(-n2cc(CNC3CCSC3)cn2)cc1. The predicted molar refractivity (Wildman–Crippen MR) is 76.1 cm³/mol. The minimum Gasteiger partial charge on any atom is -0.309 e. The van der Waals surface area contributed by atoms with Gasteiger partial charge in [-0.05, 0) is 24.3 Å². The minimum atomic E-state index is 0.676. The van der Waals surface area contributed by atoms with Gasteiger partial charge >= 0.3 is 0 Å². The summed E-state index contributed by atoms with van der Waals surface area (Å²) in [6, 6.07) is 10.9. The third kappa shape index (κ3) is 2.76. The van der Waals surface area contributed by atoms with Crippen LogP contribution in [-0.2, 0) is 6.54 Å². The zero-order chi connectivity index (χ0) is 12.2. The monoisotopic (exact) mass is 259 g/mol. The van der Waals surface area contributed by atoms with Crippen LogP contribution >= 0.6 is 11.8 Å². The fraction of sp³-hybridized carbons (Fsp3) is 0.357. The van der Waals surface area contributed by atoms with Crippen molar-refractivity contribution in [1.29, 1.82) is 0 Å². The van der Waals surface area contributed by atoms with Crippen LogP contribution in [0.25, 0.3) is 5.69 Å². The van der Waals surface area contributed by atoms with Gasteiger partial charge in [-0.15, -0.1) is 0 Å². The van der Waals surface area contributed by atoms with Gasteiger partial charge in [0.05, 0.1) is 11.9 Å². The molecule has 1 aromatic heterocycles. The Morgan fingerprint density at radius 1 is 1.33 bits per heavy atom. The highest BCUT2D eigenvalue weighted by molar-refractivity contribution is 7.99. The molecule has 2 aromatic rings. The van der Waals surface area contributed by atoms with Gasteiger partial charge in [-0.1, -0.05) is 18.2 Å². The van der Waals surface area contributed by atoms with E-state index in [1.54, 1.807) is 0 Å². The number of nitrogens with zero attached hydrogens (tertiary/aromatic N) is 2. The van der Waals surface area contributed by atoms with E-state index in [2.05, 4.69) is 28.7 Å². The Balaban J connectivity index is 1.63. The fourth-order valence-corrected chi connectivity index (χ4v) is 3.32. The molecule has 1 aliphatic rings. The number of hydrogen-bond acceptors (Lipinski definition) is 3. The molecule has 1 aromatic carbocycles. The van der Waals surface area contributed by atoms with Gasteiger partial charge < -0.3 is 5.32 Å². The Hall–Kier alpha value is -1.26. The third-order valence-electron chi connectivity index (χ3n) is 3.18. The molecule has 1 saturated heterocycles. The summed E-state index contributed by atoms with van der Waals surface area (Å²) in [5.74, 6) is 2.54. The van der Waals surface area contributed by atoms with Gasteiger partial charge in [0.25, 0.3) is 0 Å². The molecular weight excluding hydrogens is 242 g/mol. The lowest BCUT2D eigenvalue weighted by molar-refractivity contribution is 0.558. The van der Waals surface area contributed by atoms with Crippen molar-refractivity contribution in [2.45, 2.75) is 19.0 Å². The van der Waals surface area contributed by atoms with Crippen LogP contribution < -0.4 is 5.32 Å². The predicted octanol–water partition coefficient (Wildman–Crippen LogP) is 2.47. The maximum absolute atomic E-state index is 4.40. The van der Waals surface area contributed by atoms with E-state index in [1.807, 2.05) is 40.8 Å². The smallest absolute Gasteiger partial charge is 0.0645 e. The topological polar surface area (TPSA) is 29.9 Å². The molecule has 3 rings (SSSR count). The van der Waals surface area contributed by atoms with Crippen molar-refractivity contribution in [3.63, 3.8) is 0 Å².